The summed E-state index contributed by atoms with van der Waals surface area (Å²) in [7, 11) is 1.52. The van der Waals surface area contributed by atoms with Crippen molar-refractivity contribution in [2.75, 3.05) is 7.11 Å². The first-order valence-corrected chi connectivity index (χ1v) is 4.74. The molecule has 5 nitrogen and oxygen atoms in total. The van der Waals surface area contributed by atoms with E-state index in [1.54, 1.807) is 0 Å². The Kier molecular flexibility index (Phi) is 2.53. The summed E-state index contributed by atoms with van der Waals surface area (Å²) in [5.41, 5.74) is 0. The van der Waals surface area contributed by atoms with E-state index in [1.807, 2.05) is 13.8 Å². The third kappa shape index (κ3) is 1.78. The molecule has 0 aromatic carbocycles. The first-order valence-electron chi connectivity index (χ1n) is 4.74. The van der Waals surface area contributed by atoms with Crippen LogP contribution < -0.4 is 0 Å². The summed E-state index contributed by atoms with van der Waals surface area (Å²) in [4.78, 5) is 0. The number of hydrogen-bond acceptors (Lipinski definition) is 5. The molecule has 0 saturated carbocycles. The Morgan fingerprint density at radius 2 is 2.07 bits per heavy atom. The molecule has 1 N–H and O–H groups in total. The number of methoxy groups -OCH3 is 1. The maximum atomic E-state index is 9.39. The minimum Gasteiger partial charge on any atom is -0.368 e. The van der Waals surface area contributed by atoms with Crippen molar-refractivity contribution >= 4 is 0 Å². The van der Waals surface area contributed by atoms with Gasteiger partial charge in [-0.2, -0.15) is 0 Å². The number of fused-ring (bicyclic) bond motifs is 1. The zero-order valence-electron chi connectivity index (χ0n) is 8.60. The molecule has 0 amide bonds. The van der Waals surface area contributed by atoms with E-state index in [9.17, 15) is 5.11 Å². The van der Waals surface area contributed by atoms with Gasteiger partial charge in [-0.25, -0.2) is 0 Å². The molecule has 0 aromatic heterocycles. The molecule has 14 heavy (non-hydrogen) atoms. The van der Waals surface area contributed by atoms with Gasteiger partial charge in [0.2, 0.25) is 0 Å². The van der Waals surface area contributed by atoms with E-state index in [2.05, 4.69) is 0 Å². The topological polar surface area (TPSA) is 57.2 Å². The van der Waals surface area contributed by atoms with Crippen LogP contribution in [0.15, 0.2) is 0 Å². The zero-order valence-corrected chi connectivity index (χ0v) is 8.60. The van der Waals surface area contributed by atoms with Crippen molar-refractivity contribution < 1.29 is 24.1 Å². The Hall–Kier alpha value is -0.200. The fraction of sp³-hybridized carbons (Fsp3) is 1.00. The smallest absolute Gasteiger partial charge is 0.189 e. The number of ether oxygens (including phenoxy) is 4. The van der Waals surface area contributed by atoms with Gasteiger partial charge in [-0.05, 0) is 13.8 Å². The summed E-state index contributed by atoms with van der Waals surface area (Å²) in [5, 5.41) is 9.39. The van der Waals surface area contributed by atoms with Crippen molar-refractivity contribution in [3.63, 3.8) is 0 Å². The number of hydrogen-bond donors (Lipinski definition) is 1. The van der Waals surface area contributed by atoms with Crippen LogP contribution in [0.1, 0.15) is 20.3 Å². The molecule has 2 heterocycles. The van der Waals surface area contributed by atoms with Gasteiger partial charge in [0.05, 0.1) is 6.10 Å². The normalized spacial score (nSPS) is 46.3. The Balaban J connectivity index is 2.10. The minimum absolute atomic E-state index is 0.154. The zero-order chi connectivity index (χ0) is 10.3. The SMILES string of the molecule is COC1O[C@@H](O)CC2OC(C)(C)OC21. The third-order valence-corrected chi connectivity index (χ3v) is 2.45. The fourth-order valence-corrected chi connectivity index (χ4v) is 1.95. The van der Waals surface area contributed by atoms with Crippen molar-refractivity contribution in [3.8, 4) is 0 Å². The number of rotatable bonds is 1. The molecule has 0 bridgehead atoms. The molecule has 0 aliphatic carbocycles. The van der Waals surface area contributed by atoms with Gasteiger partial charge >= 0.3 is 0 Å². The highest BCUT2D eigenvalue weighted by atomic mass is 16.8. The highest BCUT2D eigenvalue weighted by molar-refractivity contribution is 4.87. The molecule has 2 fully saturated rings. The van der Waals surface area contributed by atoms with Crippen LogP contribution in [0.3, 0.4) is 0 Å². The second kappa shape index (κ2) is 3.43. The lowest BCUT2D eigenvalue weighted by Gasteiger charge is -2.33. The second-order valence-corrected chi connectivity index (χ2v) is 4.07. The van der Waals surface area contributed by atoms with E-state index in [1.165, 1.54) is 7.11 Å². The monoisotopic (exact) mass is 204 g/mol. The molecular weight excluding hydrogens is 188 g/mol. The van der Waals surface area contributed by atoms with Crippen LogP contribution in [0, 0.1) is 0 Å². The van der Waals surface area contributed by atoms with Crippen molar-refractivity contribution in [3.05, 3.63) is 0 Å². The average Bonchev–Trinajstić information content (AvgIpc) is 2.37. The summed E-state index contributed by atoms with van der Waals surface area (Å²) in [6.45, 7) is 3.68. The molecule has 82 valence electrons. The van der Waals surface area contributed by atoms with Gasteiger partial charge in [0.25, 0.3) is 0 Å². The van der Waals surface area contributed by atoms with Gasteiger partial charge in [0, 0.05) is 13.5 Å². The van der Waals surface area contributed by atoms with E-state index in [4.69, 9.17) is 18.9 Å². The Labute approximate surface area is 82.9 Å². The lowest BCUT2D eigenvalue weighted by Crippen LogP contribution is -2.47. The standard InChI is InChI=1S/C9H16O5/c1-9(2)13-5-4-6(10)12-8(11-3)7(5)14-9/h5-8,10H,4H2,1-3H3/t5?,6-,7?,8?/m1/s1. The maximum absolute atomic E-state index is 9.39. The molecule has 2 aliphatic rings. The van der Waals surface area contributed by atoms with Crippen LogP contribution in [0.25, 0.3) is 0 Å². The van der Waals surface area contributed by atoms with Gasteiger partial charge < -0.3 is 24.1 Å². The molecular formula is C9H16O5. The predicted molar refractivity (Wildman–Crippen MR) is 46.3 cm³/mol. The highest BCUT2D eigenvalue weighted by Crippen LogP contribution is 2.36. The van der Waals surface area contributed by atoms with Gasteiger partial charge in [-0.1, -0.05) is 0 Å². The summed E-state index contributed by atoms with van der Waals surface area (Å²) >= 11 is 0. The number of aliphatic hydroxyl groups excluding tert-OH is 1. The minimum atomic E-state index is -0.835. The van der Waals surface area contributed by atoms with Crippen LogP contribution in [0.2, 0.25) is 0 Å². The van der Waals surface area contributed by atoms with Gasteiger partial charge in [-0.3, -0.25) is 0 Å². The Bertz CT molecular complexity index is 217. The van der Waals surface area contributed by atoms with Gasteiger partial charge in [-0.15, -0.1) is 0 Å². The average molecular weight is 204 g/mol. The van der Waals surface area contributed by atoms with Crippen LogP contribution in [-0.4, -0.2) is 42.8 Å². The quantitative estimate of drug-likeness (QED) is 0.662. The fourth-order valence-electron chi connectivity index (χ4n) is 1.95. The lowest BCUT2D eigenvalue weighted by molar-refractivity contribution is -0.285. The van der Waals surface area contributed by atoms with Crippen molar-refractivity contribution in [2.24, 2.45) is 0 Å². The molecule has 5 heteroatoms. The first kappa shape index (κ1) is 10.3. The van der Waals surface area contributed by atoms with E-state index in [0.717, 1.165) is 0 Å². The van der Waals surface area contributed by atoms with Gasteiger partial charge in [0.15, 0.2) is 18.4 Å². The first-order chi connectivity index (χ1) is 6.52. The van der Waals surface area contributed by atoms with Crippen LogP contribution >= 0.6 is 0 Å². The van der Waals surface area contributed by atoms with Crippen LogP contribution in [0.5, 0.6) is 0 Å². The predicted octanol–water partition coefficient (Wildman–Crippen LogP) is 0.218. The largest absolute Gasteiger partial charge is 0.368 e. The summed E-state index contributed by atoms with van der Waals surface area (Å²) in [6, 6.07) is 0. The molecule has 0 radical (unpaired) electrons. The molecule has 2 saturated heterocycles. The summed E-state index contributed by atoms with van der Waals surface area (Å²) in [6.07, 6.45) is -1.37. The van der Waals surface area contributed by atoms with Crippen LogP contribution in [-0.2, 0) is 18.9 Å². The maximum Gasteiger partial charge on any atom is 0.189 e. The second-order valence-electron chi connectivity index (χ2n) is 4.07. The molecule has 2 rings (SSSR count). The molecule has 0 aromatic rings. The van der Waals surface area contributed by atoms with Crippen LogP contribution in [0.4, 0.5) is 0 Å². The van der Waals surface area contributed by atoms with Crippen molar-refractivity contribution in [1.29, 1.82) is 0 Å². The summed E-state index contributed by atoms with van der Waals surface area (Å²) < 4.78 is 21.5. The van der Waals surface area contributed by atoms with E-state index in [0.29, 0.717) is 6.42 Å². The van der Waals surface area contributed by atoms with Crippen molar-refractivity contribution in [1.82, 2.24) is 0 Å². The lowest BCUT2D eigenvalue weighted by atomic mass is 10.1. The third-order valence-electron chi connectivity index (χ3n) is 2.45. The Morgan fingerprint density at radius 3 is 2.71 bits per heavy atom. The van der Waals surface area contributed by atoms with Gasteiger partial charge in [0.1, 0.15) is 6.10 Å². The molecule has 2 aliphatic heterocycles. The molecule has 4 atom stereocenters. The highest BCUT2D eigenvalue weighted by Gasteiger charge is 2.50. The molecule has 0 spiro atoms. The van der Waals surface area contributed by atoms with E-state index < -0.39 is 18.4 Å². The van der Waals surface area contributed by atoms with E-state index in [-0.39, 0.29) is 12.2 Å². The molecule has 3 unspecified atom stereocenters. The number of aliphatic hydroxyl groups is 1. The summed E-state index contributed by atoms with van der Waals surface area (Å²) in [5.74, 6) is -0.625. The Morgan fingerprint density at radius 1 is 1.36 bits per heavy atom. The van der Waals surface area contributed by atoms with Crippen molar-refractivity contribution in [2.45, 2.75) is 50.8 Å². The van der Waals surface area contributed by atoms with E-state index >= 15 is 0 Å².